The van der Waals surface area contributed by atoms with Gasteiger partial charge >= 0.3 is 0 Å². The highest BCUT2D eigenvalue weighted by Crippen LogP contribution is 2.22. The van der Waals surface area contributed by atoms with Crippen LogP contribution in [0.25, 0.3) is 0 Å². The van der Waals surface area contributed by atoms with E-state index in [0.717, 1.165) is 69.9 Å². The summed E-state index contributed by atoms with van der Waals surface area (Å²) in [6.07, 6.45) is 3.96. The summed E-state index contributed by atoms with van der Waals surface area (Å²) in [6.45, 7) is 7.43. The molecule has 0 radical (unpaired) electrons. The zero-order valence-electron chi connectivity index (χ0n) is 19.2. The van der Waals surface area contributed by atoms with E-state index in [1.165, 1.54) is 0 Å². The molecule has 2 fully saturated rings. The van der Waals surface area contributed by atoms with Crippen LogP contribution in [-0.2, 0) is 21.4 Å². The molecule has 0 bridgehead atoms. The van der Waals surface area contributed by atoms with Crippen LogP contribution in [0, 0.1) is 6.92 Å². The van der Waals surface area contributed by atoms with E-state index in [-0.39, 0.29) is 10.8 Å². The molecule has 3 heterocycles. The van der Waals surface area contributed by atoms with Crippen molar-refractivity contribution in [3.8, 4) is 0 Å². The average molecular weight is 476 g/mol. The zero-order valence-corrected chi connectivity index (χ0v) is 20.0. The molecule has 2 aliphatic rings. The third-order valence-electron chi connectivity index (χ3n) is 6.24. The molecule has 2 aliphatic heterocycles. The van der Waals surface area contributed by atoms with Crippen molar-refractivity contribution in [1.29, 1.82) is 0 Å². The first-order chi connectivity index (χ1) is 15.9. The number of rotatable bonds is 7. The van der Waals surface area contributed by atoms with E-state index in [1.807, 2.05) is 13.0 Å². The van der Waals surface area contributed by atoms with Gasteiger partial charge < -0.3 is 9.84 Å². The molecule has 9 nitrogen and oxygen atoms in total. The lowest BCUT2D eigenvalue weighted by molar-refractivity contribution is -0.117. The number of piperazine rings is 1. The van der Waals surface area contributed by atoms with E-state index >= 15 is 0 Å². The number of anilines is 1. The molecule has 1 amide bonds. The minimum absolute atomic E-state index is 0.0984. The number of benzene rings is 1. The van der Waals surface area contributed by atoms with Gasteiger partial charge in [0.1, 0.15) is 5.76 Å². The van der Waals surface area contributed by atoms with E-state index in [0.29, 0.717) is 25.3 Å². The Morgan fingerprint density at radius 1 is 0.970 bits per heavy atom. The van der Waals surface area contributed by atoms with Crippen LogP contribution in [-0.4, -0.2) is 79.4 Å². The third-order valence-corrected chi connectivity index (χ3v) is 8.15. The van der Waals surface area contributed by atoms with Gasteiger partial charge in [-0.25, -0.2) is 8.42 Å². The van der Waals surface area contributed by atoms with Gasteiger partial charge in [0.25, 0.3) is 0 Å². The van der Waals surface area contributed by atoms with Gasteiger partial charge in [0.2, 0.25) is 15.9 Å². The second-order valence-corrected chi connectivity index (χ2v) is 10.8. The van der Waals surface area contributed by atoms with Crippen LogP contribution in [0.4, 0.5) is 5.69 Å². The van der Waals surface area contributed by atoms with Crippen molar-refractivity contribution in [1.82, 2.24) is 19.3 Å². The van der Waals surface area contributed by atoms with Gasteiger partial charge in [0, 0.05) is 57.6 Å². The van der Waals surface area contributed by atoms with Crippen molar-refractivity contribution in [2.24, 2.45) is 0 Å². The van der Waals surface area contributed by atoms with Crippen LogP contribution >= 0.6 is 0 Å². The molecule has 10 heteroatoms. The summed E-state index contributed by atoms with van der Waals surface area (Å²) in [5.41, 5.74) is 1.54. The largest absolute Gasteiger partial charge is 0.361 e. The maximum Gasteiger partial charge on any atom is 0.243 e. The smallest absolute Gasteiger partial charge is 0.243 e. The Balaban J connectivity index is 1.24. The second-order valence-electron chi connectivity index (χ2n) is 8.87. The highest BCUT2D eigenvalue weighted by molar-refractivity contribution is 7.89. The molecule has 0 atom stereocenters. The summed E-state index contributed by atoms with van der Waals surface area (Å²) in [7, 11) is -3.48. The van der Waals surface area contributed by atoms with E-state index in [1.54, 1.807) is 28.6 Å². The summed E-state index contributed by atoms with van der Waals surface area (Å²) in [5.74, 6) is 0.714. The number of sulfonamides is 1. The Kier molecular flexibility index (Phi) is 7.79. The van der Waals surface area contributed by atoms with Gasteiger partial charge in [-0.15, -0.1) is 0 Å². The molecule has 180 valence electrons. The van der Waals surface area contributed by atoms with Crippen molar-refractivity contribution >= 4 is 21.6 Å². The number of carbonyl (C=O) groups is 1. The molecule has 0 aliphatic carbocycles. The predicted octanol–water partition coefficient (Wildman–Crippen LogP) is 2.30. The number of nitrogens with one attached hydrogen (secondary N) is 1. The van der Waals surface area contributed by atoms with Crippen molar-refractivity contribution in [3.05, 3.63) is 41.8 Å². The molecular weight excluding hydrogens is 442 g/mol. The molecule has 0 saturated carbocycles. The number of aryl methyl sites for hydroxylation is 1. The summed E-state index contributed by atoms with van der Waals surface area (Å²) < 4.78 is 32.5. The van der Waals surface area contributed by atoms with E-state index in [2.05, 4.69) is 20.3 Å². The van der Waals surface area contributed by atoms with Crippen molar-refractivity contribution in [2.75, 3.05) is 51.1 Å². The van der Waals surface area contributed by atoms with Crippen LogP contribution in [0.15, 0.2) is 39.8 Å². The lowest BCUT2D eigenvalue weighted by atomic mass is 10.2. The van der Waals surface area contributed by atoms with E-state index in [4.69, 9.17) is 4.52 Å². The minimum atomic E-state index is -3.48. The number of hydrogen-bond donors (Lipinski definition) is 1. The first-order valence-corrected chi connectivity index (χ1v) is 13.1. The highest BCUT2D eigenvalue weighted by atomic mass is 32.2. The molecule has 0 unspecified atom stereocenters. The molecule has 33 heavy (non-hydrogen) atoms. The quantitative estimate of drug-likeness (QED) is 0.656. The summed E-state index contributed by atoms with van der Waals surface area (Å²) in [5, 5.41) is 6.93. The third kappa shape index (κ3) is 6.41. The second kappa shape index (κ2) is 10.8. The fourth-order valence-electron chi connectivity index (χ4n) is 4.37. The Bertz CT molecular complexity index is 1020. The fraction of sp³-hybridized carbons (Fsp3) is 0.565. The van der Waals surface area contributed by atoms with Crippen molar-refractivity contribution in [2.45, 2.75) is 44.0 Å². The Morgan fingerprint density at radius 3 is 2.21 bits per heavy atom. The first-order valence-electron chi connectivity index (χ1n) is 11.7. The molecule has 2 aromatic rings. The molecule has 1 N–H and O–H groups in total. The molecule has 0 spiro atoms. The average Bonchev–Trinajstić information content (AvgIpc) is 3.02. The first kappa shape index (κ1) is 23.9. The normalized spacial score (nSPS) is 19.3. The topological polar surface area (TPSA) is 99.0 Å². The number of carbonyl (C=O) groups excluding carboxylic acids is 1. The van der Waals surface area contributed by atoms with E-state index < -0.39 is 10.0 Å². The molecule has 2 saturated heterocycles. The lowest BCUT2D eigenvalue weighted by Crippen LogP contribution is -2.48. The summed E-state index contributed by atoms with van der Waals surface area (Å²) >= 11 is 0. The minimum Gasteiger partial charge on any atom is -0.361 e. The van der Waals surface area contributed by atoms with Gasteiger partial charge in [-0.3, -0.25) is 14.6 Å². The van der Waals surface area contributed by atoms with Crippen molar-refractivity contribution < 1.29 is 17.7 Å². The number of amides is 1. The van der Waals surface area contributed by atoms with Crippen LogP contribution in [0.1, 0.15) is 37.1 Å². The van der Waals surface area contributed by atoms with Crippen LogP contribution in [0.5, 0.6) is 0 Å². The van der Waals surface area contributed by atoms with Crippen molar-refractivity contribution in [3.63, 3.8) is 0 Å². The predicted molar refractivity (Wildman–Crippen MR) is 125 cm³/mol. The monoisotopic (exact) mass is 475 g/mol. The zero-order chi connectivity index (χ0) is 23.3. The lowest BCUT2D eigenvalue weighted by Gasteiger charge is -2.33. The highest BCUT2D eigenvalue weighted by Gasteiger charge is 2.25. The summed E-state index contributed by atoms with van der Waals surface area (Å²) in [4.78, 5) is 17.2. The Morgan fingerprint density at radius 2 is 1.61 bits per heavy atom. The molecule has 1 aromatic heterocycles. The van der Waals surface area contributed by atoms with Crippen LogP contribution in [0.3, 0.4) is 0 Å². The fourth-order valence-corrected chi connectivity index (χ4v) is 5.89. The van der Waals surface area contributed by atoms with Gasteiger partial charge in [-0.2, -0.15) is 4.31 Å². The number of hydrogen-bond acceptors (Lipinski definition) is 7. The molecule has 4 rings (SSSR count). The maximum absolute atomic E-state index is 12.9. The maximum atomic E-state index is 12.9. The van der Waals surface area contributed by atoms with Crippen LogP contribution in [0.2, 0.25) is 0 Å². The van der Waals surface area contributed by atoms with Gasteiger partial charge in [0.15, 0.2) is 0 Å². The van der Waals surface area contributed by atoms with Gasteiger partial charge in [0.05, 0.1) is 17.1 Å². The SMILES string of the molecule is Cc1cc(CN2CCN(CC(=O)Nc3ccc(S(=O)(=O)N4CCCCCC4)cc3)CC2)no1. The van der Waals surface area contributed by atoms with E-state index in [9.17, 15) is 13.2 Å². The van der Waals surface area contributed by atoms with Gasteiger partial charge in [-0.1, -0.05) is 18.0 Å². The molecule has 1 aromatic carbocycles. The number of aromatic nitrogens is 1. The Hall–Kier alpha value is -2.27. The Labute approximate surface area is 195 Å². The number of nitrogens with zero attached hydrogens (tertiary/aromatic N) is 4. The van der Waals surface area contributed by atoms with Crippen LogP contribution < -0.4 is 5.32 Å². The molecular formula is C23H33N5O4S. The summed E-state index contributed by atoms with van der Waals surface area (Å²) in [6, 6.07) is 8.45. The van der Waals surface area contributed by atoms with Gasteiger partial charge in [-0.05, 0) is 44.0 Å². The standard InChI is InChI=1S/C23H33N5O4S/c1-19-16-21(25-32-19)17-26-12-14-27(15-13-26)18-23(29)24-20-6-8-22(9-7-20)33(30,31)28-10-4-2-3-5-11-28/h6-9,16H,2-5,10-15,17-18H2,1H3,(H,24,29).